The van der Waals surface area contributed by atoms with Gasteiger partial charge in [0.25, 0.3) is 5.91 Å². The van der Waals surface area contributed by atoms with Gasteiger partial charge in [0.15, 0.2) is 5.76 Å². The van der Waals surface area contributed by atoms with Crippen LogP contribution in [0.4, 0.5) is 0 Å². The number of fused-ring (bicyclic) bond motifs is 1. The maximum absolute atomic E-state index is 12.9. The molecule has 2 aromatic rings. The number of nitrogens with zero attached hydrogens (tertiary/aromatic N) is 2. The van der Waals surface area contributed by atoms with E-state index in [-0.39, 0.29) is 11.9 Å². The zero-order chi connectivity index (χ0) is 15.5. The molecule has 1 fully saturated rings. The molecule has 1 unspecified atom stereocenters. The van der Waals surface area contributed by atoms with E-state index in [9.17, 15) is 4.79 Å². The van der Waals surface area contributed by atoms with E-state index in [4.69, 9.17) is 4.42 Å². The normalized spacial score (nSPS) is 19.6. The van der Waals surface area contributed by atoms with Gasteiger partial charge in [-0.15, -0.1) is 0 Å². The quantitative estimate of drug-likeness (QED) is 0.872. The molecule has 1 aromatic heterocycles. The first-order chi connectivity index (χ1) is 10.6. The minimum atomic E-state index is 0.0190. The number of thioether (sulfide) groups is 1. The molecule has 1 saturated heterocycles. The molecule has 0 radical (unpaired) electrons. The minimum absolute atomic E-state index is 0.0190. The van der Waals surface area contributed by atoms with Crippen LogP contribution in [0, 0.1) is 0 Å². The molecule has 22 heavy (non-hydrogen) atoms. The number of amides is 1. The van der Waals surface area contributed by atoms with Gasteiger partial charge in [-0.05, 0) is 38.4 Å². The van der Waals surface area contributed by atoms with Gasteiger partial charge in [-0.2, -0.15) is 11.8 Å². The van der Waals surface area contributed by atoms with Crippen molar-refractivity contribution in [3.8, 4) is 0 Å². The van der Waals surface area contributed by atoms with Gasteiger partial charge in [-0.25, -0.2) is 0 Å². The second-order valence-electron chi connectivity index (χ2n) is 5.99. The number of likely N-dealkylation sites (N-methyl/N-ethyl adjacent to an activating group) is 1. The number of furan rings is 1. The van der Waals surface area contributed by atoms with Crippen LogP contribution in [0.5, 0.6) is 0 Å². The maximum Gasteiger partial charge on any atom is 0.289 e. The number of hydrogen-bond acceptors (Lipinski definition) is 4. The number of carbonyl (C=O) groups excluding carboxylic acids is 1. The first-order valence-electron chi connectivity index (χ1n) is 7.67. The van der Waals surface area contributed by atoms with E-state index in [0.29, 0.717) is 5.76 Å². The van der Waals surface area contributed by atoms with Gasteiger partial charge in [0.1, 0.15) is 5.58 Å². The summed E-state index contributed by atoms with van der Waals surface area (Å²) in [6, 6.07) is 9.87. The Morgan fingerprint density at radius 2 is 2.23 bits per heavy atom. The Morgan fingerprint density at radius 3 is 3.00 bits per heavy atom. The highest BCUT2D eigenvalue weighted by molar-refractivity contribution is 7.99. The summed E-state index contributed by atoms with van der Waals surface area (Å²) in [6.07, 6.45) is 1.04. The standard InChI is InChI=1S/C17H22N2O2S/c1-18(2)11-14-12-22-9-5-8-19(14)17(20)16-10-13-6-3-4-7-15(13)21-16/h3-4,6-7,10,14H,5,8-9,11-12H2,1-2H3. The number of carbonyl (C=O) groups is 1. The van der Waals surface area contributed by atoms with Crippen LogP contribution in [0.2, 0.25) is 0 Å². The highest BCUT2D eigenvalue weighted by Crippen LogP contribution is 2.23. The molecule has 0 bridgehead atoms. The van der Waals surface area contributed by atoms with Crippen LogP contribution < -0.4 is 0 Å². The van der Waals surface area contributed by atoms with E-state index in [0.717, 1.165) is 42.0 Å². The Kier molecular flexibility index (Phi) is 4.74. The number of hydrogen-bond donors (Lipinski definition) is 0. The van der Waals surface area contributed by atoms with E-state index in [1.165, 1.54) is 0 Å². The predicted molar refractivity (Wildman–Crippen MR) is 91.5 cm³/mol. The molecule has 0 spiro atoms. The Labute approximate surface area is 135 Å². The Hall–Kier alpha value is -1.46. The third-order valence-electron chi connectivity index (χ3n) is 3.91. The fourth-order valence-electron chi connectivity index (χ4n) is 2.90. The van der Waals surface area contributed by atoms with Crippen molar-refractivity contribution < 1.29 is 9.21 Å². The average molecular weight is 318 g/mol. The molecule has 118 valence electrons. The zero-order valence-electron chi connectivity index (χ0n) is 13.1. The predicted octanol–water partition coefficient (Wildman–Crippen LogP) is 2.94. The lowest BCUT2D eigenvalue weighted by Gasteiger charge is -2.31. The molecule has 2 heterocycles. The fourth-order valence-corrected chi connectivity index (χ4v) is 3.96. The van der Waals surface area contributed by atoms with Crippen LogP contribution in [0.15, 0.2) is 34.7 Å². The lowest BCUT2D eigenvalue weighted by Crippen LogP contribution is -2.46. The molecule has 5 heteroatoms. The van der Waals surface area contributed by atoms with Gasteiger partial charge in [-0.3, -0.25) is 4.79 Å². The highest BCUT2D eigenvalue weighted by atomic mass is 32.2. The van der Waals surface area contributed by atoms with Crippen LogP contribution in [-0.2, 0) is 0 Å². The van der Waals surface area contributed by atoms with E-state index in [2.05, 4.69) is 19.0 Å². The summed E-state index contributed by atoms with van der Waals surface area (Å²) >= 11 is 1.94. The average Bonchev–Trinajstić information content (AvgIpc) is 2.80. The van der Waals surface area contributed by atoms with Crippen molar-refractivity contribution >= 4 is 28.6 Å². The molecule has 0 saturated carbocycles. The zero-order valence-corrected chi connectivity index (χ0v) is 13.9. The molecule has 1 aromatic carbocycles. The molecule has 1 aliphatic heterocycles. The molecule has 4 nitrogen and oxygen atoms in total. The van der Waals surface area contributed by atoms with Crippen LogP contribution >= 0.6 is 11.8 Å². The molecule has 1 atom stereocenters. The monoisotopic (exact) mass is 318 g/mol. The Balaban J connectivity index is 1.86. The van der Waals surface area contributed by atoms with Crippen molar-refractivity contribution in [3.05, 3.63) is 36.1 Å². The van der Waals surface area contributed by atoms with E-state index in [1.807, 2.05) is 47.0 Å². The first kappa shape index (κ1) is 15.4. The third-order valence-corrected chi connectivity index (χ3v) is 5.11. The van der Waals surface area contributed by atoms with Crippen molar-refractivity contribution in [3.63, 3.8) is 0 Å². The molecule has 3 rings (SSSR count). The SMILES string of the molecule is CN(C)CC1CSCCCN1C(=O)c1cc2ccccc2o1. The minimum Gasteiger partial charge on any atom is -0.451 e. The van der Waals surface area contributed by atoms with Crippen molar-refractivity contribution in [2.75, 3.05) is 38.7 Å². The van der Waals surface area contributed by atoms with Gasteiger partial charge in [0.05, 0.1) is 6.04 Å². The first-order valence-corrected chi connectivity index (χ1v) is 8.82. The van der Waals surface area contributed by atoms with Gasteiger partial charge in [0, 0.05) is 24.2 Å². The van der Waals surface area contributed by atoms with Crippen LogP contribution in [0.3, 0.4) is 0 Å². The largest absolute Gasteiger partial charge is 0.451 e. The van der Waals surface area contributed by atoms with E-state index < -0.39 is 0 Å². The summed E-state index contributed by atoms with van der Waals surface area (Å²) in [6.45, 7) is 1.69. The molecular formula is C17H22N2O2S. The lowest BCUT2D eigenvalue weighted by atomic mass is 10.2. The van der Waals surface area contributed by atoms with Gasteiger partial charge in [-0.1, -0.05) is 18.2 Å². The topological polar surface area (TPSA) is 36.7 Å². The summed E-state index contributed by atoms with van der Waals surface area (Å²) in [5, 5.41) is 0.985. The maximum atomic E-state index is 12.9. The van der Waals surface area contributed by atoms with Crippen molar-refractivity contribution in [1.82, 2.24) is 9.80 Å². The summed E-state index contributed by atoms with van der Waals surface area (Å²) < 4.78 is 5.77. The summed E-state index contributed by atoms with van der Waals surface area (Å²) in [5.41, 5.74) is 0.777. The molecule has 0 aliphatic carbocycles. The number of benzene rings is 1. The molecule has 0 N–H and O–H groups in total. The van der Waals surface area contributed by atoms with Crippen molar-refractivity contribution in [2.45, 2.75) is 12.5 Å². The summed E-state index contributed by atoms with van der Waals surface area (Å²) in [5.74, 6) is 2.58. The van der Waals surface area contributed by atoms with E-state index in [1.54, 1.807) is 0 Å². The molecular weight excluding hydrogens is 296 g/mol. The Morgan fingerprint density at radius 1 is 1.41 bits per heavy atom. The van der Waals surface area contributed by atoms with Crippen LogP contribution in [0.1, 0.15) is 17.0 Å². The van der Waals surface area contributed by atoms with Crippen LogP contribution in [-0.4, -0.2) is 60.4 Å². The second-order valence-corrected chi connectivity index (χ2v) is 7.14. The fraction of sp³-hybridized carbons (Fsp3) is 0.471. The number of rotatable bonds is 3. The third kappa shape index (κ3) is 3.31. The summed E-state index contributed by atoms with van der Waals surface area (Å²) in [7, 11) is 4.11. The van der Waals surface area contributed by atoms with Crippen LogP contribution in [0.25, 0.3) is 11.0 Å². The van der Waals surface area contributed by atoms with Gasteiger partial charge >= 0.3 is 0 Å². The smallest absolute Gasteiger partial charge is 0.289 e. The summed E-state index contributed by atoms with van der Waals surface area (Å²) in [4.78, 5) is 17.1. The Bertz CT molecular complexity index is 620. The van der Waals surface area contributed by atoms with Crippen molar-refractivity contribution in [2.24, 2.45) is 0 Å². The lowest BCUT2D eigenvalue weighted by molar-refractivity contribution is 0.0645. The molecule has 1 aliphatic rings. The van der Waals surface area contributed by atoms with Gasteiger partial charge < -0.3 is 14.2 Å². The number of para-hydroxylation sites is 1. The molecule has 1 amide bonds. The van der Waals surface area contributed by atoms with Gasteiger partial charge in [0.2, 0.25) is 0 Å². The van der Waals surface area contributed by atoms with E-state index >= 15 is 0 Å². The van der Waals surface area contributed by atoms with Crippen molar-refractivity contribution in [1.29, 1.82) is 0 Å². The highest BCUT2D eigenvalue weighted by Gasteiger charge is 2.28. The second kappa shape index (κ2) is 6.75.